The smallest absolute Gasteiger partial charge is 0.318 e. The summed E-state index contributed by atoms with van der Waals surface area (Å²) < 4.78 is 11.3. The fraction of sp³-hybridized carbons (Fsp3) is 0.812. The quantitative estimate of drug-likeness (QED) is 0.432. The lowest BCUT2D eigenvalue weighted by Gasteiger charge is -2.28. The predicted octanol–water partition coefficient (Wildman–Crippen LogP) is 3.58. The molecule has 3 nitrogen and oxygen atoms in total. The van der Waals surface area contributed by atoms with Crippen LogP contribution in [-0.4, -0.2) is 18.4 Å². The van der Waals surface area contributed by atoms with E-state index in [0.29, 0.717) is 5.92 Å². The molecule has 3 aliphatic rings. The Morgan fingerprint density at radius 1 is 1.32 bits per heavy atom. The lowest BCUT2D eigenvalue weighted by Crippen LogP contribution is -2.33. The Morgan fingerprint density at radius 2 is 2.11 bits per heavy atom. The highest BCUT2D eigenvalue weighted by atomic mass is 16.7. The van der Waals surface area contributed by atoms with Gasteiger partial charge in [-0.15, -0.1) is 0 Å². The van der Waals surface area contributed by atoms with Crippen molar-refractivity contribution in [3.63, 3.8) is 0 Å². The van der Waals surface area contributed by atoms with E-state index in [4.69, 9.17) is 9.47 Å². The molecule has 0 aromatic carbocycles. The molecule has 0 spiro atoms. The van der Waals surface area contributed by atoms with E-state index in [-0.39, 0.29) is 23.8 Å². The van der Waals surface area contributed by atoms with Gasteiger partial charge in [0.05, 0.1) is 11.0 Å². The molecule has 3 heteroatoms. The van der Waals surface area contributed by atoms with Crippen molar-refractivity contribution in [2.75, 3.05) is 6.79 Å². The molecule has 2 fully saturated rings. The van der Waals surface area contributed by atoms with Gasteiger partial charge >= 0.3 is 5.97 Å². The molecular formula is C16H24O3. The van der Waals surface area contributed by atoms with Gasteiger partial charge in [-0.25, -0.2) is 0 Å². The summed E-state index contributed by atoms with van der Waals surface area (Å²) in [4.78, 5) is 12.2. The lowest BCUT2D eigenvalue weighted by atomic mass is 9.88. The minimum absolute atomic E-state index is 0.0261. The van der Waals surface area contributed by atoms with Crippen molar-refractivity contribution in [3.8, 4) is 0 Å². The first-order valence-corrected chi connectivity index (χ1v) is 7.69. The first-order chi connectivity index (χ1) is 9.18. The molecule has 0 N–H and O–H groups in total. The van der Waals surface area contributed by atoms with Crippen LogP contribution in [0.5, 0.6) is 0 Å². The van der Waals surface area contributed by atoms with E-state index in [1.807, 2.05) is 0 Å². The summed E-state index contributed by atoms with van der Waals surface area (Å²) in [5.41, 5.74) is -0.343. The molecule has 0 amide bonds. The molecule has 0 aromatic rings. The van der Waals surface area contributed by atoms with Crippen LogP contribution in [-0.2, 0) is 14.3 Å². The molecular weight excluding hydrogens is 240 g/mol. The molecule has 0 heterocycles. The molecule has 2 bridgehead atoms. The minimum atomic E-state index is -0.316. The first-order valence-electron chi connectivity index (χ1n) is 7.69. The van der Waals surface area contributed by atoms with Gasteiger partial charge < -0.3 is 9.47 Å². The first kappa shape index (κ1) is 13.2. The summed E-state index contributed by atoms with van der Waals surface area (Å²) in [5, 5.41) is 0. The summed E-state index contributed by atoms with van der Waals surface area (Å²) in [7, 11) is 0. The Labute approximate surface area is 115 Å². The number of carbonyl (C=O) groups excluding carboxylic acids is 1. The van der Waals surface area contributed by atoms with Crippen LogP contribution in [0, 0.1) is 11.3 Å². The molecule has 0 saturated heterocycles. The Hall–Kier alpha value is -0.830. The third kappa shape index (κ3) is 2.33. The Bertz CT molecular complexity index is 381. The maximum absolute atomic E-state index is 12.2. The number of rotatable bonds is 5. The Morgan fingerprint density at radius 3 is 2.63 bits per heavy atom. The number of ether oxygens (including phenoxy) is 2. The predicted molar refractivity (Wildman–Crippen MR) is 72.4 cm³/mol. The zero-order valence-electron chi connectivity index (χ0n) is 11.8. The molecule has 3 aliphatic carbocycles. The Balaban J connectivity index is 1.50. The maximum atomic E-state index is 12.2. The van der Waals surface area contributed by atoms with Crippen LogP contribution < -0.4 is 0 Å². The van der Waals surface area contributed by atoms with Crippen LogP contribution in [0.4, 0.5) is 0 Å². The van der Waals surface area contributed by atoms with Gasteiger partial charge in [-0.1, -0.05) is 31.9 Å². The number of esters is 1. The van der Waals surface area contributed by atoms with Crippen LogP contribution in [0.2, 0.25) is 0 Å². The van der Waals surface area contributed by atoms with Crippen molar-refractivity contribution >= 4 is 5.97 Å². The van der Waals surface area contributed by atoms with Crippen LogP contribution >= 0.6 is 0 Å². The second-order valence-electron chi connectivity index (χ2n) is 6.46. The maximum Gasteiger partial charge on any atom is 0.318 e. The van der Waals surface area contributed by atoms with Gasteiger partial charge in [0.25, 0.3) is 0 Å². The largest absolute Gasteiger partial charge is 0.438 e. The lowest BCUT2D eigenvalue weighted by molar-refractivity contribution is -0.180. The van der Waals surface area contributed by atoms with Gasteiger partial charge in [0.1, 0.15) is 0 Å². The number of carbonyl (C=O) groups is 1. The third-order valence-electron chi connectivity index (χ3n) is 5.40. The SMILES string of the molecule is CCC1(OCOC(=O)C23C=CC(CC2)C3)CCCC1. The highest BCUT2D eigenvalue weighted by molar-refractivity contribution is 5.80. The van der Waals surface area contributed by atoms with E-state index in [1.165, 1.54) is 12.8 Å². The van der Waals surface area contributed by atoms with Crippen molar-refractivity contribution in [2.45, 2.75) is 63.9 Å². The van der Waals surface area contributed by atoms with Crippen LogP contribution in [0.15, 0.2) is 12.2 Å². The fourth-order valence-electron chi connectivity index (χ4n) is 3.98. The van der Waals surface area contributed by atoms with Crippen molar-refractivity contribution in [1.82, 2.24) is 0 Å². The van der Waals surface area contributed by atoms with Gasteiger partial charge in [-0.05, 0) is 44.4 Å². The van der Waals surface area contributed by atoms with Gasteiger partial charge in [0.2, 0.25) is 0 Å². The zero-order chi connectivity index (χ0) is 13.3. The van der Waals surface area contributed by atoms with Gasteiger partial charge in [0.15, 0.2) is 6.79 Å². The van der Waals surface area contributed by atoms with Crippen LogP contribution in [0.3, 0.4) is 0 Å². The summed E-state index contributed by atoms with van der Waals surface area (Å²) in [6, 6.07) is 0. The summed E-state index contributed by atoms with van der Waals surface area (Å²) in [5.74, 6) is 0.526. The molecule has 3 rings (SSSR count). The topological polar surface area (TPSA) is 35.5 Å². The molecule has 19 heavy (non-hydrogen) atoms. The summed E-state index contributed by atoms with van der Waals surface area (Å²) in [6.07, 6.45) is 13.0. The average molecular weight is 264 g/mol. The summed E-state index contributed by atoms with van der Waals surface area (Å²) in [6.45, 7) is 2.29. The molecule has 2 unspecified atom stereocenters. The number of hydrogen-bond donors (Lipinski definition) is 0. The standard InChI is InChI=1S/C16H24O3/c1-2-16(7-3-4-8-16)19-12-18-14(17)15-9-5-13(11-15)6-10-15/h5,9,13H,2-4,6-8,10-12H2,1H3. The Kier molecular flexibility index (Phi) is 3.42. The molecule has 0 aromatic heterocycles. The van der Waals surface area contributed by atoms with Gasteiger partial charge in [-0.3, -0.25) is 4.79 Å². The summed E-state index contributed by atoms with van der Waals surface area (Å²) >= 11 is 0. The van der Waals surface area contributed by atoms with E-state index in [9.17, 15) is 4.79 Å². The number of allylic oxidation sites excluding steroid dienone is 1. The monoisotopic (exact) mass is 264 g/mol. The third-order valence-corrected chi connectivity index (χ3v) is 5.40. The van der Waals surface area contributed by atoms with Crippen molar-refractivity contribution < 1.29 is 14.3 Å². The number of hydrogen-bond acceptors (Lipinski definition) is 3. The molecule has 0 radical (unpaired) electrons. The zero-order valence-corrected chi connectivity index (χ0v) is 11.8. The van der Waals surface area contributed by atoms with E-state index in [0.717, 1.165) is 38.5 Å². The van der Waals surface area contributed by atoms with Crippen LogP contribution in [0.25, 0.3) is 0 Å². The molecule has 2 atom stereocenters. The van der Waals surface area contributed by atoms with Gasteiger partial charge in [-0.2, -0.15) is 0 Å². The average Bonchev–Trinajstić information content (AvgIpc) is 3.15. The van der Waals surface area contributed by atoms with Crippen LogP contribution in [0.1, 0.15) is 58.3 Å². The second kappa shape index (κ2) is 4.93. The highest BCUT2D eigenvalue weighted by Crippen LogP contribution is 2.49. The van der Waals surface area contributed by atoms with Crippen molar-refractivity contribution in [2.24, 2.45) is 11.3 Å². The minimum Gasteiger partial charge on any atom is -0.438 e. The van der Waals surface area contributed by atoms with Crippen molar-refractivity contribution in [3.05, 3.63) is 12.2 Å². The van der Waals surface area contributed by atoms with E-state index >= 15 is 0 Å². The molecule has 0 aliphatic heterocycles. The molecule has 106 valence electrons. The second-order valence-corrected chi connectivity index (χ2v) is 6.46. The van der Waals surface area contributed by atoms with E-state index < -0.39 is 0 Å². The molecule has 2 saturated carbocycles. The number of fused-ring (bicyclic) bond motifs is 2. The van der Waals surface area contributed by atoms with E-state index in [1.54, 1.807) is 0 Å². The van der Waals surface area contributed by atoms with Crippen molar-refractivity contribution in [1.29, 1.82) is 0 Å². The fourth-order valence-corrected chi connectivity index (χ4v) is 3.98. The van der Waals surface area contributed by atoms with Gasteiger partial charge in [0, 0.05) is 0 Å². The normalized spacial score (nSPS) is 34.9. The highest BCUT2D eigenvalue weighted by Gasteiger charge is 2.47. The van der Waals surface area contributed by atoms with E-state index in [2.05, 4.69) is 19.1 Å².